The molecule has 0 saturated carbocycles. The van der Waals surface area contributed by atoms with Crippen LogP contribution in [0.3, 0.4) is 0 Å². The van der Waals surface area contributed by atoms with Gasteiger partial charge in [-0.15, -0.1) is 0 Å². The molecule has 2 rings (SSSR count). The molecule has 2 aromatic rings. The largest absolute Gasteiger partial charge is 0.493 e. The van der Waals surface area contributed by atoms with E-state index in [1.54, 1.807) is 36.4 Å². The van der Waals surface area contributed by atoms with Crippen molar-refractivity contribution >= 4 is 11.9 Å². The van der Waals surface area contributed by atoms with Crippen LogP contribution in [0.2, 0.25) is 0 Å². The first-order valence-corrected chi connectivity index (χ1v) is 10.0. The zero-order valence-corrected chi connectivity index (χ0v) is 17.6. The minimum absolute atomic E-state index is 0.0735. The summed E-state index contributed by atoms with van der Waals surface area (Å²) >= 11 is 0. The molecular formula is C25H30O4. The third-order valence-electron chi connectivity index (χ3n) is 4.23. The molecule has 0 amide bonds. The van der Waals surface area contributed by atoms with Crippen LogP contribution in [0.4, 0.5) is 0 Å². The van der Waals surface area contributed by atoms with Gasteiger partial charge in [0.05, 0.1) is 13.2 Å². The quantitative estimate of drug-likeness (QED) is 0.250. The van der Waals surface area contributed by atoms with Crippen LogP contribution in [-0.2, 0) is 0 Å². The lowest BCUT2D eigenvalue weighted by Gasteiger charge is -2.14. The highest BCUT2D eigenvalue weighted by atomic mass is 16.5. The van der Waals surface area contributed by atoms with Crippen LogP contribution in [0.15, 0.2) is 55.1 Å². The lowest BCUT2D eigenvalue weighted by Crippen LogP contribution is -2.01. The average molecular weight is 395 g/mol. The van der Waals surface area contributed by atoms with Crippen molar-refractivity contribution < 1.29 is 19.0 Å². The Balaban J connectivity index is 2.20. The molecule has 0 aliphatic carbocycles. The Morgan fingerprint density at radius 1 is 0.966 bits per heavy atom. The first-order chi connectivity index (χ1) is 14.1. The van der Waals surface area contributed by atoms with E-state index in [1.165, 1.54) is 0 Å². The highest BCUT2D eigenvalue weighted by Gasteiger charge is 2.09. The number of benzene rings is 2. The maximum Gasteiger partial charge on any atom is 0.185 e. The lowest BCUT2D eigenvalue weighted by molar-refractivity contribution is 0.104. The number of carbonyl (C=O) groups excluding carboxylic acids is 1. The van der Waals surface area contributed by atoms with E-state index in [4.69, 9.17) is 14.2 Å². The number of allylic oxidation sites excluding steroid dienone is 1. The third kappa shape index (κ3) is 6.83. The van der Waals surface area contributed by atoms with Crippen LogP contribution in [0.1, 0.15) is 48.2 Å². The van der Waals surface area contributed by atoms with Gasteiger partial charge in [-0.05, 0) is 67.3 Å². The summed E-state index contributed by atoms with van der Waals surface area (Å²) in [6.07, 6.45) is 6.93. The van der Waals surface area contributed by atoms with Gasteiger partial charge in [0.25, 0.3) is 0 Å². The number of hydrogen-bond donors (Lipinski definition) is 0. The van der Waals surface area contributed by atoms with E-state index >= 15 is 0 Å². The third-order valence-corrected chi connectivity index (χ3v) is 4.23. The van der Waals surface area contributed by atoms with Crippen molar-refractivity contribution in [1.82, 2.24) is 0 Å². The van der Waals surface area contributed by atoms with E-state index in [0.717, 1.165) is 35.5 Å². The summed E-state index contributed by atoms with van der Waals surface area (Å²) in [7, 11) is 0. The van der Waals surface area contributed by atoms with Crippen molar-refractivity contribution in [2.24, 2.45) is 0 Å². The Morgan fingerprint density at radius 2 is 1.66 bits per heavy atom. The molecule has 0 atom stereocenters. The minimum atomic E-state index is -0.0735. The Kier molecular flexibility index (Phi) is 9.03. The van der Waals surface area contributed by atoms with Gasteiger partial charge in [0, 0.05) is 11.6 Å². The number of hydrogen-bond acceptors (Lipinski definition) is 4. The van der Waals surface area contributed by atoms with Gasteiger partial charge in [-0.3, -0.25) is 4.79 Å². The Hall–Kier alpha value is -3.01. The predicted molar refractivity (Wildman–Crippen MR) is 118 cm³/mol. The van der Waals surface area contributed by atoms with Crippen molar-refractivity contribution in [2.45, 2.75) is 33.6 Å². The fraction of sp³-hybridized carbons (Fsp3) is 0.320. The minimum Gasteiger partial charge on any atom is -0.493 e. The topological polar surface area (TPSA) is 44.8 Å². The second kappa shape index (κ2) is 11.7. The number of carbonyl (C=O) groups is 1. The first kappa shape index (κ1) is 22.3. The molecule has 0 heterocycles. The van der Waals surface area contributed by atoms with E-state index < -0.39 is 0 Å². The molecule has 0 spiro atoms. The summed E-state index contributed by atoms with van der Waals surface area (Å²) in [6.45, 7) is 11.5. The highest BCUT2D eigenvalue weighted by Crippen LogP contribution is 2.30. The van der Waals surface area contributed by atoms with E-state index in [0.29, 0.717) is 31.1 Å². The normalized spacial score (nSPS) is 10.7. The summed E-state index contributed by atoms with van der Waals surface area (Å²) in [6, 6.07) is 10.9. The highest BCUT2D eigenvalue weighted by molar-refractivity contribution is 6.07. The maximum atomic E-state index is 12.6. The first-order valence-electron chi connectivity index (χ1n) is 10.0. The van der Waals surface area contributed by atoms with Crippen LogP contribution in [-0.4, -0.2) is 25.6 Å². The van der Waals surface area contributed by atoms with Gasteiger partial charge in [0.15, 0.2) is 5.78 Å². The Morgan fingerprint density at radius 3 is 2.31 bits per heavy atom. The molecule has 0 aliphatic heterocycles. The van der Waals surface area contributed by atoms with Gasteiger partial charge in [-0.1, -0.05) is 32.6 Å². The van der Waals surface area contributed by atoms with Gasteiger partial charge in [0.1, 0.15) is 23.9 Å². The fourth-order valence-electron chi connectivity index (χ4n) is 2.65. The van der Waals surface area contributed by atoms with E-state index in [1.807, 2.05) is 25.1 Å². The smallest absolute Gasteiger partial charge is 0.185 e. The summed E-state index contributed by atoms with van der Waals surface area (Å²) in [4.78, 5) is 12.6. The van der Waals surface area contributed by atoms with Gasteiger partial charge in [-0.2, -0.15) is 0 Å². The molecule has 0 unspecified atom stereocenters. The molecule has 4 heteroatoms. The lowest BCUT2D eigenvalue weighted by atomic mass is 10.0. The van der Waals surface area contributed by atoms with E-state index in [-0.39, 0.29) is 5.78 Å². The summed E-state index contributed by atoms with van der Waals surface area (Å²) in [5, 5.41) is 0. The van der Waals surface area contributed by atoms with Gasteiger partial charge >= 0.3 is 0 Å². The van der Waals surface area contributed by atoms with E-state index in [2.05, 4.69) is 20.4 Å². The molecule has 0 radical (unpaired) electrons. The molecule has 0 aliphatic rings. The second-order valence-electron chi connectivity index (χ2n) is 6.65. The Labute approximate surface area is 173 Å². The van der Waals surface area contributed by atoms with Crippen molar-refractivity contribution in [1.29, 1.82) is 0 Å². The van der Waals surface area contributed by atoms with Crippen LogP contribution >= 0.6 is 0 Å². The molecular weight excluding hydrogens is 364 g/mol. The molecule has 0 N–H and O–H groups in total. The summed E-state index contributed by atoms with van der Waals surface area (Å²) in [5.41, 5.74) is 2.49. The average Bonchev–Trinajstić information content (AvgIpc) is 2.75. The van der Waals surface area contributed by atoms with Crippen LogP contribution in [0.5, 0.6) is 17.2 Å². The molecule has 0 fully saturated rings. The molecule has 154 valence electrons. The second-order valence-corrected chi connectivity index (χ2v) is 6.65. The van der Waals surface area contributed by atoms with Gasteiger partial charge in [0.2, 0.25) is 0 Å². The zero-order chi connectivity index (χ0) is 21.1. The van der Waals surface area contributed by atoms with Crippen molar-refractivity contribution in [3.63, 3.8) is 0 Å². The molecule has 29 heavy (non-hydrogen) atoms. The van der Waals surface area contributed by atoms with Crippen molar-refractivity contribution in [2.75, 3.05) is 19.8 Å². The molecule has 2 aromatic carbocycles. The zero-order valence-electron chi connectivity index (χ0n) is 17.6. The molecule has 0 aromatic heterocycles. The summed E-state index contributed by atoms with van der Waals surface area (Å²) < 4.78 is 17.1. The standard InChI is InChI=1S/C25H30O4/c1-5-14-27-22-11-8-20(9-12-22)24(26)13-10-21-17-23(28-15-6-2)18-25(19(21)4)29-16-7-3/h5,8-13,17-18H,1,6-7,14-16H2,2-4H3. The van der Waals surface area contributed by atoms with Gasteiger partial charge in [-0.25, -0.2) is 0 Å². The molecule has 0 bridgehead atoms. The Bertz CT molecular complexity index is 835. The van der Waals surface area contributed by atoms with Crippen LogP contribution < -0.4 is 14.2 Å². The monoisotopic (exact) mass is 394 g/mol. The number of ether oxygens (including phenoxy) is 3. The van der Waals surface area contributed by atoms with Crippen LogP contribution in [0.25, 0.3) is 6.08 Å². The SMILES string of the molecule is C=CCOc1ccc(C(=O)C=Cc2cc(OCCC)cc(OCCC)c2C)cc1. The summed E-state index contributed by atoms with van der Waals surface area (Å²) in [5.74, 6) is 2.17. The molecule has 4 nitrogen and oxygen atoms in total. The van der Waals surface area contributed by atoms with Gasteiger partial charge < -0.3 is 14.2 Å². The van der Waals surface area contributed by atoms with Crippen molar-refractivity contribution in [3.8, 4) is 17.2 Å². The maximum absolute atomic E-state index is 12.6. The number of rotatable bonds is 12. The van der Waals surface area contributed by atoms with Crippen molar-refractivity contribution in [3.05, 3.63) is 71.8 Å². The van der Waals surface area contributed by atoms with Crippen LogP contribution in [0, 0.1) is 6.92 Å². The predicted octanol–water partition coefficient (Wildman–Crippen LogP) is 6.03. The molecule has 0 saturated heterocycles. The fourth-order valence-corrected chi connectivity index (χ4v) is 2.65. The van der Waals surface area contributed by atoms with E-state index in [9.17, 15) is 4.79 Å². The number of ketones is 1.